The van der Waals surface area contributed by atoms with Gasteiger partial charge in [-0.15, -0.1) is 10.2 Å². The molecule has 0 spiro atoms. The molecule has 0 saturated carbocycles. The third-order valence-corrected chi connectivity index (χ3v) is 2.45. The van der Waals surface area contributed by atoms with Crippen LogP contribution in [0.4, 0.5) is 10.9 Å². The van der Waals surface area contributed by atoms with Crippen LogP contribution in [0.25, 0.3) is 10.8 Å². The third kappa shape index (κ3) is 1.52. The molecule has 2 rings (SSSR count). The van der Waals surface area contributed by atoms with Crippen molar-refractivity contribution in [3.05, 3.63) is 16.3 Å². The number of anilines is 1. The molecule has 0 atom stereocenters. The lowest BCUT2D eigenvalue weighted by atomic mass is 10.6. The van der Waals surface area contributed by atoms with Gasteiger partial charge in [0.25, 0.3) is 5.82 Å². The molecule has 0 aliphatic carbocycles. The molecule has 0 bridgehead atoms. The van der Waals surface area contributed by atoms with Crippen LogP contribution in [-0.2, 0) is 7.05 Å². The molecule has 0 aromatic carbocycles. The van der Waals surface area contributed by atoms with Gasteiger partial charge in [-0.2, -0.15) is 0 Å². The van der Waals surface area contributed by atoms with Crippen LogP contribution in [0.2, 0.25) is 0 Å². The van der Waals surface area contributed by atoms with E-state index in [-0.39, 0.29) is 16.8 Å². The number of rotatable bonds is 2. The number of nitrogens with zero attached hydrogens (tertiary/aromatic N) is 5. The fourth-order valence-electron chi connectivity index (χ4n) is 1.03. The standard InChI is InChI=1S/C6H6N6O2S/c1-11-3(12(13)14)2-8-4(11)5-9-10-6(7)15-5/h2H,1H3,(H2,7,10)/i2T. The van der Waals surface area contributed by atoms with E-state index in [0.29, 0.717) is 5.01 Å². The quantitative estimate of drug-likeness (QED) is 0.589. The SMILES string of the molecule is [3H]c1nc(-c2nnc(N)s2)n(C)c1[N+](=O)[O-]. The molecule has 0 unspecified atom stereocenters. The summed E-state index contributed by atoms with van der Waals surface area (Å²) in [7, 11) is 1.44. The molecule has 78 valence electrons. The van der Waals surface area contributed by atoms with Gasteiger partial charge in [0.2, 0.25) is 10.1 Å². The van der Waals surface area contributed by atoms with Crippen LogP contribution in [0.5, 0.6) is 0 Å². The monoisotopic (exact) mass is 228 g/mol. The van der Waals surface area contributed by atoms with E-state index in [0.717, 1.165) is 11.3 Å². The first-order valence-electron chi connectivity index (χ1n) is 4.27. The molecule has 15 heavy (non-hydrogen) atoms. The second kappa shape index (κ2) is 3.28. The Morgan fingerprint density at radius 1 is 1.73 bits per heavy atom. The van der Waals surface area contributed by atoms with Crippen molar-refractivity contribution in [1.29, 1.82) is 0 Å². The summed E-state index contributed by atoms with van der Waals surface area (Å²) in [5.74, 6) is -0.172. The second-order valence-corrected chi connectivity index (χ2v) is 3.64. The van der Waals surface area contributed by atoms with E-state index in [1.54, 1.807) is 0 Å². The number of nitrogen functional groups attached to an aromatic ring is 1. The molecular formula is C6H6N6O2S. The average Bonchev–Trinajstić information content (AvgIpc) is 2.70. The predicted molar refractivity (Wildman–Crippen MR) is 53.2 cm³/mol. The number of imidazole rings is 1. The van der Waals surface area contributed by atoms with Gasteiger partial charge in [0.05, 0.1) is 8.42 Å². The smallest absolute Gasteiger partial charge is 0.342 e. The summed E-state index contributed by atoms with van der Waals surface area (Å²) < 4.78 is 8.55. The van der Waals surface area contributed by atoms with E-state index in [9.17, 15) is 10.1 Å². The van der Waals surface area contributed by atoms with Crippen LogP contribution in [0.15, 0.2) is 6.17 Å². The molecule has 0 radical (unpaired) electrons. The van der Waals surface area contributed by atoms with Crippen LogP contribution in [0, 0.1) is 10.1 Å². The Morgan fingerprint density at radius 3 is 2.93 bits per heavy atom. The Balaban J connectivity index is 2.59. The lowest BCUT2D eigenvalue weighted by Crippen LogP contribution is -1.98. The van der Waals surface area contributed by atoms with Crippen LogP contribution in [0.3, 0.4) is 0 Å². The van der Waals surface area contributed by atoms with Crippen LogP contribution >= 0.6 is 11.3 Å². The zero-order valence-electron chi connectivity index (χ0n) is 8.54. The van der Waals surface area contributed by atoms with Gasteiger partial charge in [-0.25, -0.2) is 9.55 Å². The zero-order chi connectivity index (χ0) is 11.9. The van der Waals surface area contributed by atoms with E-state index < -0.39 is 11.1 Å². The van der Waals surface area contributed by atoms with Crippen molar-refractivity contribution in [1.82, 2.24) is 19.7 Å². The molecule has 0 aliphatic heterocycles. The second-order valence-electron chi connectivity index (χ2n) is 2.63. The Hall–Kier alpha value is -2.03. The highest BCUT2D eigenvalue weighted by Gasteiger charge is 2.20. The lowest BCUT2D eigenvalue weighted by Gasteiger charge is -1.94. The van der Waals surface area contributed by atoms with E-state index in [2.05, 4.69) is 15.2 Å². The van der Waals surface area contributed by atoms with Gasteiger partial charge >= 0.3 is 5.82 Å². The average molecular weight is 228 g/mol. The summed E-state index contributed by atoms with van der Waals surface area (Å²) in [6.07, 6.45) is -0.406. The van der Waals surface area contributed by atoms with Crippen molar-refractivity contribution in [2.45, 2.75) is 0 Å². The van der Waals surface area contributed by atoms with E-state index in [4.69, 9.17) is 7.10 Å². The number of nitro groups is 1. The summed E-state index contributed by atoms with van der Waals surface area (Å²) in [5, 5.41) is 18.5. The Morgan fingerprint density at radius 2 is 2.47 bits per heavy atom. The molecule has 9 heteroatoms. The highest BCUT2D eigenvalue weighted by Crippen LogP contribution is 2.25. The van der Waals surface area contributed by atoms with Crippen LogP contribution < -0.4 is 5.73 Å². The highest BCUT2D eigenvalue weighted by molar-refractivity contribution is 7.18. The van der Waals surface area contributed by atoms with Crippen molar-refractivity contribution in [2.24, 2.45) is 7.05 Å². The van der Waals surface area contributed by atoms with Gasteiger partial charge in [-0.1, -0.05) is 11.3 Å². The van der Waals surface area contributed by atoms with Gasteiger partial charge in [-0.3, -0.25) is 0 Å². The van der Waals surface area contributed by atoms with Crippen LogP contribution in [0.1, 0.15) is 1.37 Å². The first-order valence-corrected chi connectivity index (χ1v) is 4.59. The van der Waals surface area contributed by atoms with Gasteiger partial charge in [0.15, 0.2) is 0 Å². The summed E-state index contributed by atoms with van der Waals surface area (Å²) in [4.78, 5) is 13.8. The van der Waals surface area contributed by atoms with Crippen molar-refractivity contribution in [3.63, 3.8) is 0 Å². The summed E-state index contributed by atoms with van der Waals surface area (Å²) >= 11 is 1.06. The molecule has 0 saturated heterocycles. The molecule has 2 aromatic rings. The van der Waals surface area contributed by atoms with Crippen molar-refractivity contribution >= 4 is 22.3 Å². The molecule has 2 heterocycles. The van der Waals surface area contributed by atoms with E-state index in [1.165, 1.54) is 11.6 Å². The molecular weight excluding hydrogens is 220 g/mol. The van der Waals surface area contributed by atoms with E-state index in [1.807, 2.05) is 0 Å². The lowest BCUT2D eigenvalue weighted by molar-refractivity contribution is -0.391. The molecule has 0 fully saturated rings. The molecule has 0 amide bonds. The van der Waals surface area contributed by atoms with Gasteiger partial charge in [0, 0.05) is 0 Å². The number of aromatic nitrogens is 4. The maximum absolute atomic E-state index is 10.7. The fraction of sp³-hybridized carbons (Fsp3) is 0.167. The number of nitrogens with two attached hydrogens (primary N) is 1. The first-order chi connectivity index (χ1) is 7.50. The van der Waals surface area contributed by atoms with Gasteiger partial charge in [-0.05, 0) is 4.92 Å². The molecule has 8 nitrogen and oxygen atoms in total. The number of hydrogen-bond donors (Lipinski definition) is 1. The minimum atomic E-state index is -0.663. The minimum Gasteiger partial charge on any atom is -0.374 e. The zero-order valence-corrected chi connectivity index (χ0v) is 8.35. The maximum atomic E-state index is 10.7. The Kier molecular flexibility index (Phi) is 1.81. The minimum absolute atomic E-state index is 0.214. The fourth-order valence-corrected chi connectivity index (χ4v) is 1.67. The first kappa shape index (κ1) is 8.29. The maximum Gasteiger partial charge on any atom is 0.342 e. The Bertz CT molecular complexity index is 563. The van der Waals surface area contributed by atoms with Crippen LogP contribution in [-0.4, -0.2) is 24.7 Å². The summed E-state index contributed by atoms with van der Waals surface area (Å²) in [5.41, 5.74) is 5.40. The number of hydrogen-bond acceptors (Lipinski definition) is 7. The highest BCUT2D eigenvalue weighted by atomic mass is 32.1. The van der Waals surface area contributed by atoms with Gasteiger partial charge in [0.1, 0.15) is 6.17 Å². The largest absolute Gasteiger partial charge is 0.374 e. The molecule has 2 N–H and O–H groups in total. The third-order valence-electron chi connectivity index (χ3n) is 1.70. The molecule has 2 aromatic heterocycles. The Labute approximate surface area is 88.9 Å². The van der Waals surface area contributed by atoms with Gasteiger partial charge < -0.3 is 15.8 Å². The summed E-state index contributed by atoms with van der Waals surface area (Å²) in [6, 6.07) is 0. The summed E-state index contributed by atoms with van der Waals surface area (Å²) in [6.45, 7) is 0. The predicted octanol–water partition coefficient (Wildman–Crippen LogP) is 0.429. The topological polar surface area (TPSA) is 113 Å². The van der Waals surface area contributed by atoms with E-state index >= 15 is 0 Å². The van der Waals surface area contributed by atoms with Crippen molar-refractivity contribution in [3.8, 4) is 10.8 Å². The van der Waals surface area contributed by atoms with Crippen molar-refractivity contribution < 1.29 is 6.29 Å². The normalized spacial score (nSPS) is 11.4. The molecule has 0 aliphatic rings. The van der Waals surface area contributed by atoms with Crippen molar-refractivity contribution in [2.75, 3.05) is 5.73 Å².